The second-order valence-electron chi connectivity index (χ2n) is 7.32. The fourth-order valence-electron chi connectivity index (χ4n) is 3.47. The molecule has 0 saturated carbocycles. The monoisotopic (exact) mass is 439 g/mol. The number of nitrogens with one attached hydrogen (secondary N) is 1. The Morgan fingerprint density at radius 3 is 2.61 bits per heavy atom. The van der Waals surface area contributed by atoms with Gasteiger partial charge in [-0.1, -0.05) is 30.3 Å². The summed E-state index contributed by atoms with van der Waals surface area (Å²) in [6, 6.07) is 13.1. The Hall–Kier alpha value is -2.97. The Bertz CT molecular complexity index is 1140. The average Bonchev–Trinajstić information content (AvgIpc) is 2.76. The standard InChI is InChI=1S/C23H25N3O4S/c1-15(6-11-21(29)24-14-28)26-16(2)25-19-4-3-5-20(22(19)23(26)30)31-13-18-9-7-17(12-27)8-10-18/h3-5,7-10,14-15,27H,6,11-13H2,1-2H3,(H,24,28,29). The number of fused-ring (bicyclic) bond motifs is 1. The number of aliphatic hydroxyl groups is 1. The summed E-state index contributed by atoms with van der Waals surface area (Å²) < 4.78 is 1.62. The molecule has 3 rings (SSSR count). The number of carbonyl (C=O) groups is 2. The molecule has 0 aliphatic heterocycles. The third kappa shape index (κ3) is 5.39. The molecule has 2 amide bonds. The number of benzene rings is 2. The van der Waals surface area contributed by atoms with Crippen molar-refractivity contribution in [3.05, 3.63) is 69.8 Å². The van der Waals surface area contributed by atoms with Gasteiger partial charge in [0.1, 0.15) is 5.82 Å². The number of hydrogen-bond acceptors (Lipinski definition) is 6. The highest BCUT2D eigenvalue weighted by Gasteiger charge is 2.17. The summed E-state index contributed by atoms with van der Waals surface area (Å²) in [5, 5.41) is 11.9. The second kappa shape index (κ2) is 10.4. The van der Waals surface area contributed by atoms with E-state index < -0.39 is 0 Å². The van der Waals surface area contributed by atoms with E-state index in [1.807, 2.05) is 49.4 Å². The van der Waals surface area contributed by atoms with E-state index in [2.05, 4.69) is 10.3 Å². The number of hydrogen-bond donors (Lipinski definition) is 2. The Kier molecular flexibility index (Phi) is 7.59. The molecule has 1 heterocycles. The van der Waals surface area contributed by atoms with Crippen molar-refractivity contribution in [1.29, 1.82) is 0 Å². The number of aliphatic hydroxyl groups excluding tert-OH is 1. The van der Waals surface area contributed by atoms with Crippen LogP contribution < -0.4 is 10.9 Å². The lowest BCUT2D eigenvalue weighted by atomic mass is 10.1. The molecule has 0 aliphatic carbocycles. The van der Waals surface area contributed by atoms with Gasteiger partial charge in [0.25, 0.3) is 5.56 Å². The number of rotatable bonds is 9. The lowest BCUT2D eigenvalue weighted by molar-refractivity contribution is -0.125. The minimum Gasteiger partial charge on any atom is -0.392 e. The van der Waals surface area contributed by atoms with Crippen LogP contribution in [0.1, 0.15) is 42.8 Å². The van der Waals surface area contributed by atoms with Crippen LogP contribution in [0.4, 0.5) is 0 Å². The van der Waals surface area contributed by atoms with Crippen molar-refractivity contribution in [3.63, 3.8) is 0 Å². The predicted octanol–water partition coefficient (Wildman–Crippen LogP) is 3.10. The molecule has 3 aromatic rings. The Morgan fingerprint density at radius 2 is 1.94 bits per heavy atom. The summed E-state index contributed by atoms with van der Waals surface area (Å²) >= 11 is 1.56. The van der Waals surface area contributed by atoms with E-state index in [4.69, 9.17) is 0 Å². The van der Waals surface area contributed by atoms with Crippen molar-refractivity contribution < 1.29 is 14.7 Å². The van der Waals surface area contributed by atoms with Crippen LogP contribution in [-0.4, -0.2) is 27.0 Å². The van der Waals surface area contributed by atoms with Crippen LogP contribution in [0.15, 0.2) is 52.2 Å². The van der Waals surface area contributed by atoms with Gasteiger partial charge in [-0.3, -0.25) is 24.3 Å². The summed E-state index contributed by atoms with van der Waals surface area (Å²) in [7, 11) is 0. The van der Waals surface area contributed by atoms with Crippen LogP contribution in [0.5, 0.6) is 0 Å². The molecule has 0 fully saturated rings. The average molecular weight is 440 g/mol. The maximum Gasteiger partial charge on any atom is 0.262 e. The maximum absolute atomic E-state index is 13.4. The third-order valence-corrected chi connectivity index (χ3v) is 6.25. The molecule has 7 nitrogen and oxygen atoms in total. The van der Waals surface area contributed by atoms with E-state index in [1.54, 1.807) is 23.3 Å². The van der Waals surface area contributed by atoms with E-state index in [0.717, 1.165) is 16.0 Å². The van der Waals surface area contributed by atoms with Crippen LogP contribution in [0, 0.1) is 6.92 Å². The van der Waals surface area contributed by atoms with Crippen molar-refractivity contribution in [1.82, 2.24) is 14.9 Å². The van der Waals surface area contributed by atoms with Gasteiger partial charge in [-0.25, -0.2) is 4.98 Å². The van der Waals surface area contributed by atoms with Gasteiger partial charge in [-0.2, -0.15) is 0 Å². The summed E-state index contributed by atoms with van der Waals surface area (Å²) in [6.45, 7) is 3.66. The first-order valence-electron chi connectivity index (χ1n) is 10.0. The zero-order valence-corrected chi connectivity index (χ0v) is 18.3. The van der Waals surface area contributed by atoms with E-state index in [1.165, 1.54) is 0 Å². The Balaban J connectivity index is 1.89. The second-order valence-corrected chi connectivity index (χ2v) is 8.34. The van der Waals surface area contributed by atoms with Gasteiger partial charge in [0.05, 0.1) is 17.5 Å². The van der Waals surface area contributed by atoms with Gasteiger partial charge in [0.15, 0.2) is 0 Å². The molecule has 2 N–H and O–H groups in total. The summed E-state index contributed by atoms with van der Waals surface area (Å²) in [5.74, 6) is 0.895. The van der Waals surface area contributed by atoms with E-state index >= 15 is 0 Å². The SMILES string of the molecule is Cc1nc2cccc(SCc3ccc(CO)cc3)c2c(=O)n1C(C)CCC(=O)NC=O. The summed E-state index contributed by atoms with van der Waals surface area (Å²) in [5.41, 5.74) is 2.46. The molecule has 1 aromatic heterocycles. The molecule has 31 heavy (non-hydrogen) atoms. The molecule has 0 radical (unpaired) electrons. The predicted molar refractivity (Wildman–Crippen MR) is 121 cm³/mol. The minimum absolute atomic E-state index is 0.0102. The third-order valence-electron chi connectivity index (χ3n) is 5.12. The number of aromatic nitrogens is 2. The van der Waals surface area contributed by atoms with Crippen molar-refractivity contribution in [2.45, 2.75) is 50.0 Å². The van der Waals surface area contributed by atoms with Crippen molar-refractivity contribution in [2.24, 2.45) is 0 Å². The lowest BCUT2D eigenvalue weighted by Crippen LogP contribution is -2.28. The number of aryl methyl sites for hydroxylation is 1. The van der Waals surface area contributed by atoms with Gasteiger partial charge in [-0.05, 0) is 43.5 Å². The molecule has 0 aliphatic rings. The molecule has 2 aromatic carbocycles. The van der Waals surface area contributed by atoms with E-state index in [9.17, 15) is 19.5 Å². The Labute approximate surface area is 184 Å². The quantitative estimate of drug-likeness (QED) is 0.392. The fourth-order valence-corrected chi connectivity index (χ4v) is 4.50. The summed E-state index contributed by atoms with van der Waals surface area (Å²) in [4.78, 5) is 40.9. The number of imide groups is 1. The van der Waals surface area contributed by atoms with Crippen molar-refractivity contribution >= 4 is 35.0 Å². The van der Waals surface area contributed by atoms with Gasteiger partial charge in [0.2, 0.25) is 12.3 Å². The van der Waals surface area contributed by atoms with Crippen molar-refractivity contribution in [3.8, 4) is 0 Å². The first-order valence-corrected chi connectivity index (χ1v) is 11.0. The number of thioether (sulfide) groups is 1. The van der Waals surface area contributed by atoms with Crippen LogP contribution in [-0.2, 0) is 21.9 Å². The normalized spacial score (nSPS) is 12.0. The number of amides is 2. The highest BCUT2D eigenvalue weighted by molar-refractivity contribution is 7.98. The van der Waals surface area contributed by atoms with Gasteiger partial charge < -0.3 is 5.11 Å². The molecule has 8 heteroatoms. The van der Waals surface area contributed by atoms with Crippen LogP contribution >= 0.6 is 11.8 Å². The van der Waals surface area contributed by atoms with Gasteiger partial charge in [-0.15, -0.1) is 11.8 Å². The highest BCUT2D eigenvalue weighted by Crippen LogP contribution is 2.28. The van der Waals surface area contributed by atoms with Crippen molar-refractivity contribution in [2.75, 3.05) is 0 Å². The van der Waals surface area contributed by atoms with Crippen LogP contribution in [0.2, 0.25) is 0 Å². The molecule has 1 atom stereocenters. The largest absolute Gasteiger partial charge is 0.392 e. The minimum atomic E-state index is -0.371. The number of carbonyl (C=O) groups excluding carboxylic acids is 2. The molecule has 162 valence electrons. The smallest absolute Gasteiger partial charge is 0.262 e. The number of nitrogens with zero attached hydrogens (tertiary/aromatic N) is 2. The Morgan fingerprint density at radius 1 is 1.23 bits per heavy atom. The zero-order chi connectivity index (χ0) is 22.4. The molecular formula is C23H25N3O4S. The van der Waals surface area contributed by atoms with Crippen LogP contribution in [0.3, 0.4) is 0 Å². The fraction of sp³-hybridized carbons (Fsp3) is 0.304. The molecule has 0 spiro atoms. The van der Waals surface area contributed by atoms with E-state index in [-0.39, 0.29) is 30.5 Å². The first kappa shape index (κ1) is 22.7. The lowest BCUT2D eigenvalue weighted by Gasteiger charge is -2.18. The molecular weight excluding hydrogens is 414 g/mol. The maximum atomic E-state index is 13.4. The van der Waals surface area contributed by atoms with Gasteiger partial charge >= 0.3 is 0 Å². The highest BCUT2D eigenvalue weighted by atomic mass is 32.2. The molecule has 1 unspecified atom stereocenters. The van der Waals surface area contributed by atoms with Crippen LogP contribution in [0.25, 0.3) is 10.9 Å². The van der Waals surface area contributed by atoms with E-state index in [0.29, 0.717) is 35.3 Å². The first-order chi connectivity index (χ1) is 14.9. The topological polar surface area (TPSA) is 101 Å². The molecule has 0 bridgehead atoms. The van der Waals surface area contributed by atoms with Gasteiger partial charge in [0, 0.05) is 23.1 Å². The summed E-state index contributed by atoms with van der Waals surface area (Å²) in [6.07, 6.45) is 0.924. The zero-order valence-electron chi connectivity index (χ0n) is 17.5. The molecule has 0 saturated heterocycles.